The molecule has 2 aromatic rings. The van der Waals surface area contributed by atoms with Gasteiger partial charge >= 0.3 is 0 Å². The van der Waals surface area contributed by atoms with Crippen LogP contribution >= 0.6 is 11.3 Å². The summed E-state index contributed by atoms with van der Waals surface area (Å²) in [5, 5.41) is 16.6. The number of rotatable bonds is 3. The highest BCUT2D eigenvalue weighted by atomic mass is 32.1. The van der Waals surface area contributed by atoms with Crippen molar-refractivity contribution in [3.05, 3.63) is 34.5 Å². The van der Waals surface area contributed by atoms with Crippen molar-refractivity contribution >= 4 is 11.3 Å². The fraction of sp³-hybridized carbons (Fsp3) is 0.333. The number of aliphatic hydroxyl groups excluding tert-OH is 1. The third kappa shape index (κ3) is 2.00. The van der Waals surface area contributed by atoms with Gasteiger partial charge in [0.2, 0.25) is 0 Å². The fourth-order valence-electron chi connectivity index (χ4n) is 1.26. The highest BCUT2D eigenvalue weighted by molar-refractivity contribution is 7.09. The lowest BCUT2D eigenvalue weighted by molar-refractivity contribution is 0.176. The third-order valence-corrected chi connectivity index (χ3v) is 2.78. The SMILES string of the molecule is Cn1ccc(CC(O)c2nccs2)n1. The Kier molecular flexibility index (Phi) is 2.60. The number of nitrogens with zero attached hydrogens (tertiary/aromatic N) is 3. The number of hydrogen-bond donors (Lipinski definition) is 1. The van der Waals surface area contributed by atoms with E-state index in [1.54, 1.807) is 10.9 Å². The Balaban J connectivity index is 2.05. The van der Waals surface area contributed by atoms with Gasteiger partial charge in [0.1, 0.15) is 11.1 Å². The fourth-order valence-corrected chi connectivity index (χ4v) is 1.88. The molecule has 0 saturated heterocycles. The Bertz CT molecular complexity index is 396. The Morgan fingerprint density at radius 2 is 2.50 bits per heavy atom. The van der Waals surface area contributed by atoms with E-state index < -0.39 is 6.10 Å². The van der Waals surface area contributed by atoms with Crippen LogP contribution in [0.2, 0.25) is 0 Å². The Hall–Kier alpha value is -1.20. The van der Waals surface area contributed by atoms with E-state index in [-0.39, 0.29) is 0 Å². The molecule has 0 amide bonds. The minimum atomic E-state index is -0.537. The molecule has 2 heterocycles. The normalized spacial score (nSPS) is 13.0. The summed E-state index contributed by atoms with van der Waals surface area (Å²) in [6.45, 7) is 0. The molecule has 0 aliphatic carbocycles. The molecular formula is C9H11N3OS. The molecule has 0 radical (unpaired) electrons. The summed E-state index contributed by atoms with van der Waals surface area (Å²) >= 11 is 1.46. The first-order valence-corrected chi connectivity index (χ1v) is 5.19. The molecule has 0 aliphatic heterocycles. The van der Waals surface area contributed by atoms with E-state index in [0.29, 0.717) is 6.42 Å². The van der Waals surface area contributed by atoms with Crippen molar-refractivity contribution in [1.29, 1.82) is 0 Å². The van der Waals surface area contributed by atoms with Crippen LogP contribution in [0.3, 0.4) is 0 Å². The maximum absolute atomic E-state index is 9.77. The highest BCUT2D eigenvalue weighted by Gasteiger charge is 2.12. The molecular weight excluding hydrogens is 198 g/mol. The van der Waals surface area contributed by atoms with Crippen LogP contribution in [0.25, 0.3) is 0 Å². The van der Waals surface area contributed by atoms with Gasteiger partial charge in [-0.2, -0.15) is 5.10 Å². The van der Waals surface area contributed by atoms with Gasteiger partial charge in [-0.1, -0.05) is 0 Å². The topological polar surface area (TPSA) is 50.9 Å². The number of thiazole rings is 1. The zero-order chi connectivity index (χ0) is 9.97. The second-order valence-corrected chi connectivity index (χ2v) is 4.00. The first kappa shape index (κ1) is 9.36. The van der Waals surface area contributed by atoms with Gasteiger partial charge in [0.05, 0.1) is 5.69 Å². The van der Waals surface area contributed by atoms with Gasteiger partial charge in [0, 0.05) is 31.2 Å². The molecule has 4 nitrogen and oxygen atoms in total. The first-order valence-electron chi connectivity index (χ1n) is 4.31. The Labute approximate surface area is 85.8 Å². The van der Waals surface area contributed by atoms with Crippen molar-refractivity contribution in [3.8, 4) is 0 Å². The van der Waals surface area contributed by atoms with Crippen molar-refractivity contribution in [1.82, 2.24) is 14.8 Å². The second kappa shape index (κ2) is 3.89. The highest BCUT2D eigenvalue weighted by Crippen LogP contribution is 2.18. The molecule has 0 bridgehead atoms. The summed E-state index contributed by atoms with van der Waals surface area (Å²) in [4.78, 5) is 4.05. The van der Waals surface area contributed by atoms with E-state index in [1.807, 2.05) is 24.7 Å². The van der Waals surface area contributed by atoms with Gasteiger partial charge < -0.3 is 5.11 Å². The molecule has 0 aliphatic rings. The van der Waals surface area contributed by atoms with Gasteiger partial charge in [0.25, 0.3) is 0 Å². The van der Waals surface area contributed by atoms with Crippen LogP contribution in [0.15, 0.2) is 23.8 Å². The maximum Gasteiger partial charge on any atom is 0.122 e. The van der Waals surface area contributed by atoms with Crippen LogP contribution in [0.1, 0.15) is 16.8 Å². The molecule has 1 N–H and O–H groups in total. The molecule has 0 spiro atoms. The lowest BCUT2D eigenvalue weighted by atomic mass is 10.2. The summed E-state index contributed by atoms with van der Waals surface area (Å²) in [5.74, 6) is 0. The molecule has 2 rings (SSSR count). The predicted molar refractivity (Wildman–Crippen MR) is 54.0 cm³/mol. The Morgan fingerprint density at radius 1 is 1.64 bits per heavy atom. The van der Waals surface area contributed by atoms with Crippen molar-refractivity contribution in [2.24, 2.45) is 7.05 Å². The maximum atomic E-state index is 9.77. The van der Waals surface area contributed by atoms with Gasteiger partial charge in [-0.05, 0) is 6.07 Å². The van der Waals surface area contributed by atoms with E-state index >= 15 is 0 Å². The average Bonchev–Trinajstić information content (AvgIpc) is 2.75. The molecule has 1 unspecified atom stereocenters. The van der Waals surface area contributed by atoms with Crippen molar-refractivity contribution in [2.45, 2.75) is 12.5 Å². The van der Waals surface area contributed by atoms with Crippen molar-refractivity contribution < 1.29 is 5.11 Å². The van der Waals surface area contributed by atoms with Crippen LogP contribution in [0, 0.1) is 0 Å². The lowest BCUT2D eigenvalue weighted by Crippen LogP contribution is -2.02. The van der Waals surface area contributed by atoms with Gasteiger partial charge in [-0.3, -0.25) is 4.68 Å². The third-order valence-electron chi connectivity index (χ3n) is 1.91. The van der Waals surface area contributed by atoms with Crippen LogP contribution in [0.5, 0.6) is 0 Å². The number of aryl methyl sites for hydroxylation is 1. The summed E-state index contributed by atoms with van der Waals surface area (Å²) in [7, 11) is 1.86. The van der Waals surface area contributed by atoms with E-state index in [4.69, 9.17) is 0 Å². The lowest BCUT2D eigenvalue weighted by Gasteiger charge is -2.03. The summed E-state index contributed by atoms with van der Waals surface area (Å²) < 4.78 is 1.73. The van der Waals surface area contributed by atoms with Gasteiger partial charge in [0.15, 0.2) is 0 Å². The minimum absolute atomic E-state index is 0.522. The van der Waals surface area contributed by atoms with E-state index in [9.17, 15) is 5.11 Å². The van der Waals surface area contributed by atoms with Crippen molar-refractivity contribution in [3.63, 3.8) is 0 Å². The zero-order valence-electron chi connectivity index (χ0n) is 7.79. The second-order valence-electron chi connectivity index (χ2n) is 3.07. The summed E-state index contributed by atoms with van der Waals surface area (Å²) in [6, 6.07) is 1.90. The largest absolute Gasteiger partial charge is 0.386 e. The molecule has 0 saturated carbocycles. The molecule has 74 valence electrons. The average molecular weight is 209 g/mol. The quantitative estimate of drug-likeness (QED) is 0.825. The van der Waals surface area contributed by atoms with E-state index in [1.165, 1.54) is 11.3 Å². The summed E-state index contributed by atoms with van der Waals surface area (Å²) in [6.07, 6.45) is 3.55. The van der Waals surface area contributed by atoms with Crippen molar-refractivity contribution in [2.75, 3.05) is 0 Å². The first-order chi connectivity index (χ1) is 6.75. The standard InChI is InChI=1S/C9H11N3OS/c1-12-4-2-7(11-12)6-8(13)9-10-3-5-14-9/h2-5,8,13H,6H2,1H3. The Morgan fingerprint density at radius 3 is 3.07 bits per heavy atom. The molecule has 0 fully saturated rings. The van der Waals surface area contributed by atoms with Crippen LogP contribution < -0.4 is 0 Å². The zero-order valence-corrected chi connectivity index (χ0v) is 8.61. The molecule has 1 atom stereocenters. The monoisotopic (exact) mass is 209 g/mol. The van der Waals surface area contributed by atoms with Crippen LogP contribution in [-0.4, -0.2) is 19.9 Å². The molecule has 5 heteroatoms. The van der Waals surface area contributed by atoms with E-state index in [0.717, 1.165) is 10.7 Å². The van der Waals surface area contributed by atoms with Crippen LogP contribution in [0.4, 0.5) is 0 Å². The number of hydrogen-bond acceptors (Lipinski definition) is 4. The number of aromatic nitrogens is 3. The van der Waals surface area contributed by atoms with Crippen LogP contribution in [-0.2, 0) is 13.5 Å². The van der Waals surface area contributed by atoms with E-state index in [2.05, 4.69) is 10.1 Å². The summed E-state index contributed by atoms with van der Waals surface area (Å²) in [5.41, 5.74) is 0.884. The molecule has 14 heavy (non-hydrogen) atoms. The predicted octanol–water partition coefficient (Wildman–Crippen LogP) is 1.15. The minimum Gasteiger partial charge on any atom is -0.386 e. The smallest absolute Gasteiger partial charge is 0.122 e. The molecule has 0 aromatic carbocycles. The molecule has 2 aromatic heterocycles. The van der Waals surface area contributed by atoms with Gasteiger partial charge in [-0.25, -0.2) is 4.98 Å². The van der Waals surface area contributed by atoms with Gasteiger partial charge in [-0.15, -0.1) is 11.3 Å². The number of aliphatic hydroxyl groups is 1.